The summed E-state index contributed by atoms with van der Waals surface area (Å²) in [7, 11) is 0. The summed E-state index contributed by atoms with van der Waals surface area (Å²) in [6, 6.07) is 62.7. The predicted octanol–water partition coefficient (Wildman–Crippen LogP) is 11.0. The molecule has 244 valence electrons. The lowest BCUT2D eigenvalue weighted by Gasteiger charge is -2.12. The van der Waals surface area contributed by atoms with Gasteiger partial charge in [0, 0.05) is 33.2 Å². The number of rotatable bonds is 6. The van der Waals surface area contributed by atoms with Gasteiger partial charge in [-0.15, -0.1) is 0 Å². The summed E-state index contributed by atoms with van der Waals surface area (Å²) >= 11 is 0. The minimum Gasteiger partial charge on any atom is -0.292 e. The van der Waals surface area contributed by atoms with Crippen LogP contribution < -0.4 is 0 Å². The second-order valence-electron chi connectivity index (χ2n) is 12.8. The Kier molecular flexibility index (Phi) is 7.03. The predicted molar refractivity (Wildman–Crippen MR) is 211 cm³/mol. The van der Waals surface area contributed by atoms with Gasteiger partial charge in [-0.2, -0.15) is 9.97 Å². The zero-order valence-electron chi connectivity index (χ0n) is 28.0. The van der Waals surface area contributed by atoms with E-state index in [9.17, 15) is 0 Å². The standard InChI is InChI=1S/C46H30N6/c1-4-14-32(15-5-1)43-48-44(33-16-6-2-7-17-33)50-46(49-43)52-40-22-12-10-20-37(40)38-29-28-35(30-42(38)52)31-24-26-34(27-25-31)45-47-39-21-11-13-23-41(39)51(45)36-18-8-3-9-19-36/h1-30H. The monoisotopic (exact) mass is 666 g/mol. The van der Waals surface area contributed by atoms with Gasteiger partial charge in [0.25, 0.3) is 0 Å². The minimum atomic E-state index is 0.575. The fourth-order valence-corrected chi connectivity index (χ4v) is 7.13. The Morgan fingerprint density at radius 1 is 0.327 bits per heavy atom. The molecule has 10 rings (SSSR count). The van der Waals surface area contributed by atoms with E-state index >= 15 is 0 Å². The number of para-hydroxylation sites is 4. The van der Waals surface area contributed by atoms with Crippen LogP contribution in [0.25, 0.3) is 89.8 Å². The Balaban J connectivity index is 1.13. The van der Waals surface area contributed by atoms with Crippen molar-refractivity contribution in [3.8, 4) is 56.9 Å². The molecule has 0 fully saturated rings. The van der Waals surface area contributed by atoms with Crippen LogP contribution in [0.4, 0.5) is 0 Å². The molecule has 0 atom stereocenters. The van der Waals surface area contributed by atoms with Crippen molar-refractivity contribution < 1.29 is 0 Å². The first-order valence-corrected chi connectivity index (χ1v) is 17.3. The average molecular weight is 667 g/mol. The molecule has 3 aromatic heterocycles. The van der Waals surface area contributed by atoms with Crippen LogP contribution in [-0.2, 0) is 0 Å². The van der Waals surface area contributed by atoms with Crippen molar-refractivity contribution in [1.29, 1.82) is 0 Å². The highest BCUT2D eigenvalue weighted by atomic mass is 15.2. The fraction of sp³-hybridized carbons (Fsp3) is 0. The molecule has 0 radical (unpaired) electrons. The van der Waals surface area contributed by atoms with Gasteiger partial charge in [0.15, 0.2) is 11.6 Å². The molecule has 0 spiro atoms. The first-order chi connectivity index (χ1) is 25.8. The lowest BCUT2D eigenvalue weighted by Crippen LogP contribution is -2.06. The number of nitrogens with zero attached hydrogens (tertiary/aromatic N) is 6. The van der Waals surface area contributed by atoms with Crippen molar-refractivity contribution in [3.63, 3.8) is 0 Å². The van der Waals surface area contributed by atoms with Crippen LogP contribution in [0, 0.1) is 0 Å². The van der Waals surface area contributed by atoms with Gasteiger partial charge in [-0.1, -0.05) is 146 Å². The van der Waals surface area contributed by atoms with Crippen LogP contribution in [-0.4, -0.2) is 29.1 Å². The smallest absolute Gasteiger partial charge is 0.238 e. The molecule has 3 heterocycles. The van der Waals surface area contributed by atoms with Crippen molar-refractivity contribution in [1.82, 2.24) is 29.1 Å². The SMILES string of the molecule is c1ccc(-c2nc(-c3ccccc3)nc(-n3c4ccccc4c4ccc(-c5ccc(-c6nc7ccccc7n6-c6ccccc6)cc5)cc43)n2)cc1. The van der Waals surface area contributed by atoms with Gasteiger partial charge >= 0.3 is 0 Å². The molecule has 6 heteroatoms. The van der Waals surface area contributed by atoms with Crippen LogP contribution >= 0.6 is 0 Å². The second-order valence-corrected chi connectivity index (χ2v) is 12.8. The molecular weight excluding hydrogens is 637 g/mol. The highest BCUT2D eigenvalue weighted by Crippen LogP contribution is 2.36. The van der Waals surface area contributed by atoms with Gasteiger partial charge in [-0.05, 0) is 47.5 Å². The highest BCUT2D eigenvalue weighted by Gasteiger charge is 2.19. The summed E-state index contributed by atoms with van der Waals surface area (Å²) in [5, 5.41) is 2.28. The summed E-state index contributed by atoms with van der Waals surface area (Å²) in [5.41, 5.74) is 10.3. The van der Waals surface area contributed by atoms with Crippen LogP contribution in [0.3, 0.4) is 0 Å². The van der Waals surface area contributed by atoms with Gasteiger partial charge in [-0.3, -0.25) is 9.13 Å². The van der Waals surface area contributed by atoms with E-state index in [1.54, 1.807) is 0 Å². The van der Waals surface area contributed by atoms with Crippen molar-refractivity contribution >= 4 is 32.8 Å². The van der Waals surface area contributed by atoms with E-state index in [0.29, 0.717) is 17.6 Å². The van der Waals surface area contributed by atoms with Crippen molar-refractivity contribution in [2.75, 3.05) is 0 Å². The normalized spacial score (nSPS) is 11.5. The number of imidazole rings is 1. The second kappa shape index (κ2) is 12.3. The van der Waals surface area contributed by atoms with Gasteiger partial charge in [-0.25, -0.2) is 9.97 Å². The van der Waals surface area contributed by atoms with Gasteiger partial charge in [0.1, 0.15) is 5.82 Å². The zero-order valence-corrected chi connectivity index (χ0v) is 28.0. The van der Waals surface area contributed by atoms with E-state index < -0.39 is 0 Å². The maximum absolute atomic E-state index is 5.10. The number of benzene rings is 7. The van der Waals surface area contributed by atoms with Gasteiger partial charge < -0.3 is 0 Å². The molecule has 0 aliphatic carbocycles. The molecule has 0 aliphatic heterocycles. The van der Waals surface area contributed by atoms with Crippen LogP contribution in [0.5, 0.6) is 0 Å². The molecule has 0 N–H and O–H groups in total. The topological polar surface area (TPSA) is 61.4 Å². The molecule has 0 amide bonds. The average Bonchev–Trinajstić information content (AvgIpc) is 3.78. The molecule has 7 aromatic carbocycles. The summed E-state index contributed by atoms with van der Waals surface area (Å²) in [4.78, 5) is 20.2. The first kappa shape index (κ1) is 29.7. The van der Waals surface area contributed by atoms with Crippen LogP contribution in [0.15, 0.2) is 182 Å². The third-order valence-electron chi connectivity index (χ3n) is 9.61. The van der Waals surface area contributed by atoms with Crippen molar-refractivity contribution in [2.45, 2.75) is 0 Å². The highest BCUT2D eigenvalue weighted by molar-refractivity contribution is 6.10. The molecule has 0 bridgehead atoms. The Hall–Kier alpha value is -7.18. The van der Waals surface area contributed by atoms with E-state index in [2.05, 4.69) is 118 Å². The molecule has 10 aromatic rings. The quantitative estimate of drug-likeness (QED) is 0.177. The summed E-state index contributed by atoms with van der Waals surface area (Å²) in [6.07, 6.45) is 0. The largest absolute Gasteiger partial charge is 0.292 e. The third-order valence-corrected chi connectivity index (χ3v) is 9.61. The maximum atomic E-state index is 5.10. The molecule has 0 saturated heterocycles. The van der Waals surface area contributed by atoms with E-state index in [0.717, 1.165) is 72.2 Å². The third kappa shape index (κ3) is 5.05. The lowest BCUT2D eigenvalue weighted by molar-refractivity contribution is 0.953. The molecule has 6 nitrogen and oxygen atoms in total. The Labute approximate surface area is 300 Å². The van der Waals surface area contributed by atoms with E-state index in [-0.39, 0.29) is 0 Å². The summed E-state index contributed by atoms with van der Waals surface area (Å²) in [5.74, 6) is 2.74. The lowest BCUT2D eigenvalue weighted by atomic mass is 10.0. The van der Waals surface area contributed by atoms with Crippen molar-refractivity contribution in [3.05, 3.63) is 182 Å². The minimum absolute atomic E-state index is 0.575. The van der Waals surface area contributed by atoms with E-state index in [1.165, 1.54) is 0 Å². The number of hydrogen-bond donors (Lipinski definition) is 0. The Morgan fingerprint density at radius 3 is 1.56 bits per heavy atom. The molecule has 0 saturated carbocycles. The van der Waals surface area contributed by atoms with Crippen LogP contribution in [0.2, 0.25) is 0 Å². The molecule has 52 heavy (non-hydrogen) atoms. The first-order valence-electron chi connectivity index (χ1n) is 17.3. The van der Waals surface area contributed by atoms with Crippen LogP contribution in [0.1, 0.15) is 0 Å². The molecule has 0 unspecified atom stereocenters. The van der Waals surface area contributed by atoms with Gasteiger partial charge in [0.05, 0.1) is 22.1 Å². The molecule has 0 aliphatic rings. The maximum Gasteiger partial charge on any atom is 0.238 e. The van der Waals surface area contributed by atoms with Gasteiger partial charge in [0.2, 0.25) is 5.95 Å². The zero-order chi connectivity index (χ0) is 34.4. The van der Waals surface area contributed by atoms with E-state index in [4.69, 9.17) is 19.9 Å². The number of aromatic nitrogens is 6. The van der Waals surface area contributed by atoms with Crippen molar-refractivity contribution in [2.24, 2.45) is 0 Å². The summed E-state index contributed by atoms with van der Waals surface area (Å²) in [6.45, 7) is 0. The Bertz CT molecular complexity index is 2820. The number of hydrogen-bond acceptors (Lipinski definition) is 4. The van der Waals surface area contributed by atoms with E-state index in [1.807, 2.05) is 72.8 Å². The number of fused-ring (bicyclic) bond motifs is 4. The molecular formula is C46H30N6. The Morgan fingerprint density at radius 2 is 0.865 bits per heavy atom. The summed E-state index contributed by atoms with van der Waals surface area (Å²) < 4.78 is 4.41. The fourth-order valence-electron chi connectivity index (χ4n) is 7.13.